The molecule has 0 N–H and O–H groups in total. The number of rotatable bonds is 1. The monoisotopic (exact) mass is 288 g/mol. The van der Waals surface area contributed by atoms with Crippen molar-refractivity contribution in [1.29, 1.82) is 0 Å². The molecule has 1 saturated carbocycles. The molecule has 4 heteroatoms. The number of pyridine rings is 1. The zero-order valence-corrected chi connectivity index (χ0v) is 12.9. The highest BCUT2D eigenvalue weighted by atomic mass is 16.2. The second kappa shape index (κ2) is 5.66. The van der Waals surface area contributed by atoms with E-state index in [4.69, 9.17) is 0 Å². The maximum absolute atomic E-state index is 12.9. The SMILES string of the molecule is C[C@@H]1CCC[C@@H]2CCCN(C(=O)c3ccc(=O)n(C)c3)[C@@H]21. The first kappa shape index (κ1) is 14.4. The zero-order valence-electron chi connectivity index (χ0n) is 12.9. The van der Waals surface area contributed by atoms with E-state index in [2.05, 4.69) is 11.8 Å². The molecule has 21 heavy (non-hydrogen) atoms. The third kappa shape index (κ3) is 2.63. The van der Waals surface area contributed by atoms with Gasteiger partial charge in [-0.1, -0.05) is 13.3 Å². The first-order valence-corrected chi connectivity index (χ1v) is 8.05. The molecular formula is C17H24N2O2. The van der Waals surface area contributed by atoms with Gasteiger partial charge in [-0.15, -0.1) is 0 Å². The minimum atomic E-state index is -0.0749. The van der Waals surface area contributed by atoms with Crippen molar-refractivity contribution in [3.63, 3.8) is 0 Å². The first-order valence-electron chi connectivity index (χ1n) is 8.05. The molecule has 3 rings (SSSR count). The van der Waals surface area contributed by atoms with Gasteiger partial charge in [0.25, 0.3) is 5.91 Å². The molecule has 0 bridgehead atoms. The van der Waals surface area contributed by atoms with Gasteiger partial charge < -0.3 is 9.47 Å². The Morgan fingerprint density at radius 1 is 1.19 bits per heavy atom. The van der Waals surface area contributed by atoms with Crippen LogP contribution >= 0.6 is 0 Å². The van der Waals surface area contributed by atoms with Crippen molar-refractivity contribution in [1.82, 2.24) is 9.47 Å². The fourth-order valence-electron chi connectivity index (χ4n) is 4.18. The molecule has 1 aliphatic heterocycles. The maximum Gasteiger partial charge on any atom is 0.255 e. The topological polar surface area (TPSA) is 42.3 Å². The van der Waals surface area contributed by atoms with E-state index < -0.39 is 0 Å². The van der Waals surface area contributed by atoms with Crippen molar-refractivity contribution in [2.24, 2.45) is 18.9 Å². The molecule has 1 saturated heterocycles. The predicted octanol–water partition coefficient (Wildman–Crippen LogP) is 2.43. The van der Waals surface area contributed by atoms with Crippen LogP contribution in [-0.4, -0.2) is 28.0 Å². The molecule has 2 aliphatic rings. The molecule has 3 atom stereocenters. The molecule has 0 aromatic carbocycles. The number of amides is 1. The summed E-state index contributed by atoms with van der Waals surface area (Å²) in [6, 6.07) is 3.54. The Hall–Kier alpha value is -1.58. The van der Waals surface area contributed by atoms with Gasteiger partial charge in [-0.3, -0.25) is 9.59 Å². The Balaban J connectivity index is 1.88. The van der Waals surface area contributed by atoms with Crippen molar-refractivity contribution >= 4 is 5.91 Å². The lowest BCUT2D eigenvalue weighted by Gasteiger charge is -2.47. The standard InChI is InChI=1S/C17H24N2O2/c1-12-5-3-6-13-7-4-10-19(16(12)13)17(21)14-8-9-15(20)18(2)11-14/h8-9,11-13,16H,3-7,10H2,1-2H3/t12-,13-,16-/m1/s1. The van der Waals surface area contributed by atoms with Crippen molar-refractivity contribution < 1.29 is 4.79 Å². The van der Waals surface area contributed by atoms with Gasteiger partial charge in [0, 0.05) is 31.9 Å². The van der Waals surface area contributed by atoms with Crippen molar-refractivity contribution in [2.75, 3.05) is 6.54 Å². The number of carbonyl (C=O) groups is 1. The summed E-state index contributed by atoms with van der Waals surface area (Å²) in [6.07, 6.45) is 7.80. The third-order valence-corrected chi connectivity index (χ3v) is 5.23. The molecule has 114 valence electrons. The number of hydrogen-bond acceptors (Lipinski definition) is 2. The predicted molar refractivity (Wildman–Crippen MR) is 82.2 cm³/mol. The van der Waals surface area contributed by atoms with Crippen molar-refractivity contribution in [3.8, 4) is 0 Å². The summed E-state index contributed by atoms with van der Waals surface area (Å²) in [6.45, 7) is 3.14. The highest BCUT2D eigenvalue weighted by Crippen LogP contribution is 2.39. The van der Waals surface area contributed by atoms with Crippen LogP contribution in [0.5, 0.6) is 0 Å². The molecule has 0 unspecified atom stereocenters. The number of piperidine rings is 1. The van der Waals surface area contributed by atoms with E-state index in [1.165, 1.54) is 36.3 Å². The van der Waals surface area contributed by atoms with Crippen LogP contribution in [-0.2, 0) is 7.05 Å². The fourth-order valence-corrected chi connectivity index (χ4v) is 4.18. The smallest absolute Gasteiger partial charge is 0.255 e. The molecule has 2 fully saturated rings. The van der Waals surface area contributed by atoms with Crippen LogP contribution in [0.3, 0.4) is 0 Å². The largest absolute Gasteiger partial charge is 0.335 e. The quantitative estimate of drug-likeness (QED) is 0.796. The van der Waals surface area contributed by atoms with Gasteiger partial charge in [-0.05, 0) is 43.6 Å². The summed E-state index contributed by atoms with van der Waals surface area (Å²) < 4.78 is 1.49. The molecule has 1 aromatic rings. The number of aryl methyl sites for hydroxylation is 1. The summed E-state index contributed by atoms with van der Waals surface area (Å²) in [5.41, 5.74) is 0.560. The van der Waals surface area contributed by atoms with Crippen LogP contribution in [0.4, 0.5) is 0 Å². The summed E-state index contributed by atoms with van der Waals surface area (Å²) >= 11 is 0. The number of aromatic nitrogens is 1. The normalized spacial score (nSPS) is 29.0. The molecule has 0 spiro atoms. The third-order valence-electron chi connectivity index (χ3n) is 5.23. The Bertz CT molecular complexity index is 591. The maximum atomic E-state index is 12.9. The van der Waals surface area contributed by atoms with E-state index in [0.29, 0.717) is 23.4 Å². The summed E-state index contributed by atoms with van der Waals surface area (Å²) in [5.74, 6) is 1.34. The van der Waals surface area contributed by atoms with E-state index in [-0.39, 0.29) is 11.5 Å². The lowest BCUT2D eigenvalue weighted by Crippen LogP contribution is -2.53. The van der Waals surface area contributed by atoms with Gasteiger partial charge in [0.05, 0.1) is 5.56 Å². The summed E-state index contributed by atoms with van der Waals surface area (Å²) in [5, 5.41) is 0. The molecule has 0 radical (unpaired) electrons. The Labute approximate surface area is 125 Å². The van der Waals surface area contributed by atoms with Crippen LogP contribution < -0.4 is 5.56 Å². The molecular weight excluding hydrogens is 264 g/mol. The second-order valence-electron chi connectivity index (χ2n) is 6.67. The van der Waals surface area contributed by atoms with Crippen LogP contribution in [0, 0.1) is 11.8 Å². The number of likely N-dealkylation sites (tertiary alicyclic amines) is 1. The van der Waals surface area contributed by atoms with E-state index >= 15 is 0 Å². The minimum Gasteiger partial charge on any atom is -0.335 e. The summed E-state index contributed by atoms with van der Waals surface area (Å²) in [4.78, 5) is 26.4. The molecule has 1 amide bonds. The number of fused-ring (bicyclic) bond motifs is 1. The van der Waals surface area contributed by atoms with Crippen LogP contribution in [0.15, 0.2) is 23.1 Å². The van der Waals surface area contributed by atoms with Crippen LogP contribution in [0.1, 0.15) is 49.4 Å². The zero-order chi connectivity index (χ0) is 15.0. The van der Waals surface area contributed by atoms with Gasteiger partial charge >= 0.3 is 0 Å². The highest BCUT2D eigenvalue weighted by molar-refractivity contribution is 5.94. The van der Waals surface area contributed by atoms with Crippen molar-refractivity contribution in [3.05, 3.63) is 34.2 Å². The average molecular weight is 288 g/mol. The number of carbonyl (C=O) groups excluding carboxylic acids is 1. The van der Waals surface area contributed by atoms with E-state index in [9.17, 15) is 9.59 Å². The molecule has 4 nitrogen and oxygen atoms in total. The average Bonchev–Trinajstić information content (AvgIpc) is 2.49. The van der Waals surface area contributed by atoms with Gasteiger partial charge in [0.2, 0.25) is 5.56 Å². The van der Waals surface area contributed by atoms with Gasteiger partial charge in [-0.2, -0.15) is 0 Å². The Morgan fingerprint density at radius 3 is 2.71 bits per heavy atom. The van der Waals surface area contributed by atoms with E-state index in [1.54, 1.807) is 19.3 Å². The van der Waals surface area contributed by atoms with Crippen LogP contribution in [0.25, 0.3) is 0 Å². The van der Waals surface area contributed by atoms with E-state index in [0.717, 1.165) is 13.0 Å². The highest BCUT2D eigenvalue weighted by Gasteiger charge is 2.39. The van der Waals surface area contributed by atoms with E-state index in [1.807, 2.05) is 0 Å². The number of hydrogen-bond donors (Lipinski definition) is 0. The van der Waals surface area contributed by atoms with Gasteiger partial charge in [0.1, 0.15) is 0 Å². The molecule has 1 aliphatic carbocycles. The Morgan fingerprint density at radius 2 is 1.95 bits per heavy atom. The Kier molecular flexibility index (Phi) is 3.87. The summed E-state index contributed by atoms with van der Waals surface area (Å²) in [7, 11) is 1.70. The number of nitrogens with zero attached hydrogens (tertiary/aromatic N) is 2. The lowest BCUT2D eigenvalue weighted by molar-refractivity contribution is 0.0210. The van der Waals surface area contributed by atoms with Gasteiger partial charge in [0.15, 0.2) is 0 Å². The molecule has 2 heterocycles. The second-order valence-corrected chi connectivity index (χ2v) is 6.67. The van der Waals surface area contributed by atoms with Crippen LogP contribution in [0.2, 0.25) is 0 Å². The van der Waals surface area contributed by atoms with Gasteiger partial charge in [-0.25, -0.2) is 0 Å². The first-order chi connectivity index (χ1) is 10.1. The van der Waals surface area contributed by atoms with Crippen molar-refractivity contribution in [2.45, 2.75) is 45.1 Å². The lowest BCUT2D eigenvalue weighted by atomic mass is 9.73. The molecule has 1 aromatic heterocycles. The minimum absolute atomic E-state index is 0.0749. The fraction of sp³-hybridized carbons (Fsp3) is 0.647.